The van der Waals surface area contributed by atoms with Crippen LogP contribution in [0.4, 0.5) is 5.69 Å². The molecule has 0 amide bonds. The Kier molecular flexibility index (Phi) is 7.55. The molecule has 2 aromatic rings. The van der Waals surface area contributed by atoms with Gasteiger partial charge in [-0.2, -0.15) is 8.61 Å². The van der Waals surface area contributed by atoms with Crippen molar-refractivity contribution in [1.82, 2.24) is 13.5 Å². The highest BCUT2D eigenvalue weighted by atomic mass is 32.2. The number of piperazine rings is 1. The predicted octanol–water partition coefficient (Wildman–Crippen LogP) is 1.72. The fourth-order valence-corrected chi connectivity index (χ4v) is 6.97. The Hall–Kier alpha value is -2.09. The zero-order chi connectivity index (χ0) is 24.3. The summed E-state index contributed by atoms with van der Waals surface area (Å²) in [7, 11) is -7.09. The number of nitrogens with zero attached hydrogens (tertiary/aromatic N) is 3. The largest absolute Gasteiger partial charge is 0.379 e. The van der Waals surface area contributed by atoms with Crippen LogP contribution in [-0.4, -0.2) is 87.9 Å². The predicted molar refractivity (Wildman–Crippen MR) is 134 cm³/mol. The molecule has 9 nitrogen and oxygen atoms in total. The maximum atomic E-state index is 12.9. The molecule has 0 saturated carbocycles. The first-order chi connectivity index (χ1) is 16.2. The van der Waals surface area contributed by atoms with Crippen LogP contribution in [0.3, 0.4) is 0 Å². The molecule has 0 unspecified atom stereocenters. The molecule has 2 fully saturated rings. The van der Waals surface area contributed by atoms with Gasteiger partial charge in [0.25, 0.3) is 0 Å². The van der Waals surface area contributed by atoms with Gasteiger partial charge in [-0.15, -0.1) is 0 Å². The van der Waals surface area contributed by atoms with Crippen LogP contribution in [0.5, 0.6) is 0 Å². The van der Waals surface area contributed by atoms with Gasteiger partial charge in [0.05, 0.1) is 23.0 Å². The van der Waals surface area contributed by atoms with Crippen molar-refractivity contribution in [1.29, 1.82) is 0 Å². The number of benzene rings is 2. The van der Waals surface area contributed by atoms with Gasteiger partial charge in [0.1, 0.15) is 0 Å². The van der Waals surface area contributed by atoms with Gasteiger partial charge >= 0.3 is 0 Å². The second-order valence-electron chi connectivity index (χ2n) is 8.18. The monoisotopic (exact) mass is 524 g/mol. The highest BCUT2D eigenvalue weighted by Crippen LogP contribution is 2.21. The summed E-state index contributed by atoms with van der Waals surface area (Å²) >= 11 is 5.51. The number of morpholine rings is 1. The molecule has 2 saturated heterocycles. The topological polar surface area (TPSA) is 99.3 Å². The summed E-state index contributed by atoms with van der Waals surface area (Å²) in [5.41, 5.74) is 1.67. The van der Waals surface area contributed by atoms with Crippen LogP contribution in [0, 0.1) is 6.92 Å². The van der Waals surface area contributed by atoms with Crippen molar-refractivity contribution in [3.63, 3.8) is 0 Å². The molecule has 2 aliphatic heterocycles. The lowest BCUT2D eigenvalue weighted by molar-refractivity contribution is 0.0730. The van der Waals surface area contributed by atoms with Crippen LogP contribution in [0.2, 0.25) is 0 Å². The van der Waals surface area contributed by atoms with Gasteiger partial charge < -0.3 is 15.0 Å². The second kappa shape index (κ2) is 10.3. The van der Waals surface area contributed by atoms with E-state index < -0.39 is 20.0 Å². The van der Waals surface area contributed by atoms with Crippen LogP contribution in [-0.2, 0) is 24.8 Å². The lowest BCUT2D eigenvalue weighted by Crippen LogP contribution is -2.51. The highest BCUT2D eigenvalue weighted by molar-refractivity contribution is 7.89. The first-order valence-corrected chi connectivity index (χ1v) is 14.3. The third kappa shape index (κ3) is 5.42. The Morgan fingerprint density at radius 1 is 0.765 bits per heavy atom. The Balaban J connectivity index is 1.34. The number of ether oxygens (including phenoxy) is 1. The zero-order valence-electron chi connectivity index (χ0n) is 18.9. The van der Waals surface area contributed by atoms with Gasteiger partial charge in [-0.05, 0) is 55.5 Å². The van der Waals surface area contributed by atoms with Crippen molar-refractivity contribution in [2.45, 2.75) is 16.7 Å². The van der Waals surface area contributed by atoms with Gasteiger partial charge in [-0.25, -0.2) is 16.8 Å². The molecule has 0 aromatic heterocycles. The van der Waals surface area contributed by atoms with Gasteiger partial charge in [0, 0.05) is 45.0 Å². The number of thiocarbonyl (C=S) groups is 1. The number of nitrogens with one attached hydrogen (secondary N) is 1. The van der Waals surface area contributed by atoms with Crippen molar-refractivity contribution >= 4 is 43.1 Å². The minimum absolute atomic E-state index is 0.223. The molecule has 2 aliphatic rings. The minimum atomic E-state index is -3.55. The van der Waals surface area contributed by atoms with E-state index in [1.807, 2.05) is 11.8 Å². The molecular weight excluding hydrogens is 496 g/mol. The summed E-state index contributed by atoms with van der Waals surface area (Å²) in [5, 5.41) is 3.59. The molecule has 0 spiro atoms. The van der Waals surface area contributed by atoms with Gasteiger partial charge in [-0.3, -0.25) is 0 Å². The summed E-state index contributed by atoms with van der Waals surface area (Å²) in [6.07, 6.45) is 0. The highest BCUT2D eigenvalue weighted by Gasteiger charge is 2.29. The number of rotatable bonds is 5. The maximum Gasteiger partial charge on any atom is 0.243 e. The fourth-order valence-electron chi connectivity index (χ4n) is 3.84. The van der Waals surface area contributed by atoms with Crippen molar-refractivity contribution in [2.75, 3.05) is 57.8 Å². The molecule has 2 aromatic carbocycles. The zero-order valence-corrected chi connectivity index (χ0v) is 21.3. The van der Waals surface area contributed by atoms with Crippen LogP contribution in [0.15, 0.2) is 58.3 Å². The fraction of sp³-hybridized carbons (Fsp3) is 0.409. The van der Waals surface area contributed by atoms with E-state index in [0.29, 0.717) is 68.2 Å². The van der Waals surface area contributed by atoms with Crippen LogP contribution < -0.4 is 5.32 Å². The average molecular weight is 525 g/mol. The molecule has 0 radical (unpaired) electrons. The van der Waals surface area contributed by atoms with Crippen LogP contribution in [0.25, 0.3) is 0 Å². The first-order valence-electron chi connectivity index (χ1n) is 11.0. The molecule has 184 valence electrons. The standard InChI is InChI=1S/C22H28N4O5S3/c1-18-2-6-20(7-3-18)33(27,28)25-12-10-24(11-13-25)22(32)23-19-4-8-21(9-5-19)34(29,30)26-14-16-31-17-15-26/h2-9H,10-17H2,1H3,(H,23,32). The van der Waals surface area contributed by atoms with E-state index in [4.69, 9.17) is 17.0 Å². The molecule has 2 heterocycles. The third-order valence-electron chi connectivity index (χ3n) is 5.90. The summed E-state index contributed by atoms with van der Waals surface area (Å²) < 4.78 is 59.4. The lowest BCUT2D eigenvalue weighted by atomic mass is 10.2. The minimum Gasteiger partial charge on any atom is -0.379 e. The number of aryl methyl sites for hydroxylation is 1. The summed E-state index contributed by atoms with van der Waals surface area (Å²) in [5.74, 6) is 0. The summed E-state index contributed by atoms with van der Waals surface area (Å²) in [6, 6.07) is 13.3. The normalized spacial score (nSPS) is 18.6. The van der Waals surface area contributed by atoms with E-state index in [-0.39, 0.29) is 4.90 Å². The number of hydrogen-bond acceptors (Lipinski definition) is 6. The summed E-state index contributed by atoms with van der Waals surface area (Å²) in [6.45, 7) is 4.97. The Bertz CT molecular complexity index is 1220. The number of hydrogen-bond donors (Lipinski definition) is 1. The maximum absolute atomic E-state index is 12.9. The SMILES string of the molecule is Cc1ccc(S(=O)(=O)N2CCN(C(=S)Nc3ccc(S(=O)(=O)N4CCOCC4)cc3)CC2)cc1. The van der Waals surface area contributed by atoms with Gasteiger partial charge in [0.2, 0.25) is 20.0 Å². The number of sulfonamides is 2. The molecular formula is C22H28N4O5S3. The average Bonchev–Trinajstić information content (AvgIpc) is 2.85. The van der Waals surface area contributed by atoms with Gasteiger partial charge in [-0.1, -0.05) is 17.7 Å². The number of anilines is 1. The Morgan fingerprint density at radius 3 is 1.76 bits per heavy atom. The van der Waals surface area contributed by atoms with Crippen molar-refractivity contribution in [2.24, 2.45) is 0 Å². The van der Waals surface area contributed by atoms with E-state index >= 15 is 0 Å². The Labute approximate surface area is 206 Å². The van der Waals surface area contributed by atoms with Crippen molar-refractivity contribution in [3.8, 4) is 0 Å². The van der Waals surface area contributed by atoms with Crippen molar-refractivity contribution < 1.29 is 21.6 Å². The molecule has 12 heteroatoms. The van der Waals surface area contributed by atoms with E-state index in [0.717, 1.165) is 5.56 Å². The molecule has 1 N–H and O–H groups in total. The lowest BCUT2D eigenvalue weighted by Gasteiger charge is -2.35. The molecule has 4 rings (SSSR count). The van der Waals surface area contributed by atoms with E-state index in [2.05, 4.69) is 5.32 Å². The quantitative estimate of drug-likeness (QED) is 0.591. The summed E-state index contributed by atoms with van der Waals surface area (Å²) in [4.78, 5) is 2.43. The van der Waals surface area contributed by atoms with E-state index in [1.54, 1.807) is 48.5 Å². The van der Waals surface area contributed by atoms with Crippen LogP contribution >= 0.6 is 12.2 Å². The third-order valence-corrected chi connectivity index (χ3v) is 10.1. The van der Waals surface area contributed by atoms with E-state index in [1.165, 1.54) is 8.61 Å². The van der Waals surface area contributed by atoms with E-state index in [9.17, 15) is 16.8 Å². The molecule has 0 atom stereocenters. The van der Waals surface area contributed by atoms with Gasteiger partial charge in [0.15, 0.2) is 5.11 Å². The molecule has 0 aliphatic carbocycles. The van der Waals surface area contributed by atoms with Crippen molar-refractivity contribution in [3.05, 3.63) is 54.1 Å². The van der Waals surface area contributed by atoms with Crippen LogP contribution in [0.1, 0.15) is 5.56 Å². The second-order valence-corrected chi connectivity index (χ2v) is 12.4. The molecule has 34 heavy (non-hydrogen) atoms. The Morgan fingerprint density at radius 2 is 1.24 bits per heavy atom. The first kappa shape index (κ1) is 25.0. The smallest absolute Gasteiger partial charge is 0.243 e. The molecule has 0 bridgehead atoms.